The van der Waals surface area contributed by atoms with Gasteiger partial charge in [0.2, 0.25) is 0 Å². The molecule has 0 unspecified atom stereocenters. The first kappa shape index (κ1) is 17.2. The van der Waals surface area contributed by atoms with Gasteiger partial charge < -0.3 is 10.1 Å². The Morgan fingerprint density at radius 1 is 1.13 bits per heavy atom. The Bertz CT molecular complexity index is 752. The SMILES string of the molecule is C[C@H](OC(=O)c1ccccc1F)C(=O)Nc1cccc(Cl)c1Cl. The Hall–Kier alpha value is -2.11. The topological polar surface area (TPSA) is 55.4 Å². The van der Waals surface area contributed by atoms with E-state index in [1.807, 2.05) is 0 Å². The molecule has 2 aromatic carbocycles. The molecule has 0 aliphatic carbocycles. The summed E-state index contributed by atoms with van der Waals surface area (Å²) in [6, 6.07) is 10.1. The maximum atomic E-state index is 13.5. The van der Waals surface area contributed by atoms with E-state index in [9.17, 15) is 14.0 Å². The van der Waals surface area contributed by atoms with Gasteiger partial charge in [0.1, 0.15) is 5.82 Å². The maximum Gasteiger partial charge on any atom is 0.341 e. The first-order chi connectivity index (χ1) is 10.9. The molecule has 0 radical (unpaired) electrons. The highest BCUT2D eigenvalue weighted by Crippen LogP contribution is 2.29. The van der Waals surface area contributed by atoms with Crippen LogP contribution in [0.1, 0.15) is 17.3 Å². The van der Waals surface area contributed by atoms with E-state index < -0.39 is 23.8 Å². The number of carbonyl (C=O) groups excluding carboxylic acids is 2. The van der Waals surface area contributed by atoms with Gasteiger partial charge in [-0.2, -0.15) is 0 Å². The van der Waals surface area contributed by atoms with Crippen LogP contribution in [0.15, 0.2) is 42.5 Å². The van der Waals surface area contributed by atoms with Crippen molar-refractivity contribution in [1.29, 1.82) is 0 Å². The molecule has 0 aliphatic rings. The van der Waals surface area contributed by atoms with Crippen molar-refractivity contribution in [2.75, 3.05) is 5.32 Å². The molecule has 1 atom stereocenters. The van der Waals surface area contributed by atoms with Crippen molar-refractivity contribution >= 4 is 40.8 Å². The molecule has 23 heavy (non-hydrogen) atoms. The monoisotopic (exact) mass is 355 g/mol. The fraction of sp³-hybridized carbons (Fsp3) is 0.125. The largest absolute Gasteiger partial charge is 0.449 e. The first-order valence-electron chi connectivity index (χ1n) is 6.60. The number of halogens is 3. The van der Waals surface area contributed by atoms with E-state index in [1.165, 1.54) is 25.1 Å². The van der Waals surface area contributed by atoms with Crippen LogP contribution in [0.2, 0.25) is 10.0 Å². The summed E-state index contributed by atoms with van der Waals surface area (Å²) in [5.74, 6) is -2.26. The van der Waals surface area contributed by atoms with Crippen LogP contribution in [-0.2, 0) is 9.53 Å². The van der Waals surface area contributed by atoms with Crippen LogP contribution in [0.3, 0.4) is 0 Å². The van der Waals surface area contributed by atoms with Crippen molar-refractivity contribution in [3.63, 3.8) is 0 Å². The molecule has 4 nitrogen and oxygen atoms in total. The summed E-state index contributed by atoms with van der Waals surface area (Å²) in [6.07, 6.45) is -1.14. The highest BCUT2D eigenvalue weighted by Gasteiger charge is 2.21. The summed E-state index contributed by atoms with van der Waals surface area (Å²) < 4.78 is 18.5. The Labute approximate surface area is 142 Å². The summed E-state index contributed by atoms with van der Waals surface area (Å²) in [7, 11) is 0. The molecular weight excluding hydrogens is 344 g/mol. The lowest BCUT2D eigenvalue weighted by molar-refractivity contribution is -0.123. The summed E-state index contributed by atoms with van der Waals surface area (Å²) >= 11 is 11.8. The minimum Gasteiger partial charge on any atom is -0.449 e. The lowest BCUT2D eigenvalue weighted by atomic mass is 10.2. The second-order valence-corrected chi connectivity index (χ2v) is 5.40. The van der Waals surface area contributed by atoms with Crippen LogP contribution in [-0.4, -0.2) is 18.0 Å². The van der Waals surface area contributed by atoms with E-state index in [-0.39, 0.29) is 21.3 Å². The Kier molecular flexibility index (Phi) is 5.58. The number of hydrogen-bond donors (Lipinski definition) is 1. The van der Waals surface area contributed by atoms with Crippen LogP contribution >= 0.6 is 23.2 Å². The van der Waals surface area contributed by atoms with Crippen molar-refractivity contribution in [3.05, 3.63) is 63.9 Å². The quantitative estimate of drug-likeness (QED) is 0.831. The summed E-state index contributed by atoms with van der Waals surface area (Å²) in [5.41, 5.74) is 0.0471. The number of hydrogen-bond acceptors (Lipinski definition) is 3. The van der Waals surface area contributed by atoms with E-state index >= 15 is 0 Å². The van der Waals surface area contributed by atoms with Crippen molar-refractivity contribution in [2.24, 2.45) is 0 Å². The zero-order valence-electron chi connectivity index (χ0n) is 12.0. The molecule has 7 heteroatoms. The first-order valence-corrected chi connectivity index (χ1v) is 7.36. The number of benzene rings is 2. The maximum absolute atomic E-state index is 13.5. The predicted octanol–water partition coefficient (Wildman–Crippen LogP) is 4.32. The molecule has 0 aliphatic heterocycles. The zero-order valence-corrected chi connectivity index (χ0v) is 13.5. The second kappa shape index (κ2) is 7.44. The van der Waals surface area contributed by atoms with Crippen molar-refractivity contribution in [1.82, 2.24) is 0 Å². The third-order valence-electron chi connectivity index (χ3n) is 2.96. The van der Waals surface area contributed by atoms with Gasteiger partial charge in [-0.25, -0.2) is 9.18 Å². The molecule has 0 spiro atoms. The molecular formula is C16H12Cl2FNO3. The number of amides is 1. The molecule has 1 amide bonds. The number of rotatable bonds is 4. The summed E-state index contributed by atoms with van der Waals surface area (Å²) in [6.45, 7) is 1.37. The summed E-state index contributed by atoms with van der Waals surface area (Å²) in [5, 5.41) is 2.95. The second-order valence-electron chi connectivity index (χ2n) is 4.62. The third kappa shape index (κ3) is 4.21. The lowest BCUT2D eigenvalue weighted by Gasteiger charge is -2.14. The van der Waals surface area contributed by atoms with Gasteiger partial charge in [-0.05, 0) is 31.2 Å². The van der Waals surface area contributed by atoms with Gasteiger partial charge in [-0.3, -0.25) is 4.79 Å². The van der Waals surface area contributed by atoms with Crippen LogP contribution < -0.4 is 5.32 Å². The Morgan fingerprint density at radius 3 is 2.52 bits per heavy atom. The molecule has 0 saturated heterocycles. The fourth-order valence-corrected chi connectivity index (χ4v) is 2.09. The molecule has 120 valence electrons. The molecule has 0 heterocycles. The molecule has 2 aromatic rings. The van der Waals surface area contributed by atoms with Gasteiger partial charge >= 0.3 is 5.97 Å². The van der Waals surface area contributed by atoms with E-state index in [1.54, 1.807) is 18.2 Å². The van der Waals surface area contributed by atoms with Crippen LogP contribution in [0.4, 0.5) is 10.1 Å². The molecule has 0 bridgehead atoms. The minimum absolute atomic E-state index is 0.176. The van der Waals surface area contributed by atoms with Crippen LogP contribution in [0.25, 0.3) is 0 Å². The number of anilines is 1. The van der Waals surface area contributed by atoms with Crippen molar-refractivity contribution < 1.29 is 18.7 Å². The van der Waals surface area contributed by atoms with Crippen molar-refractivity contribution in [3.8, 4) is 0 Å². The van der Waals surface area contributed by atoms with E-state index in [4.69, 9.17) is 27.9 Å². The van der Waals surface area contributed by atoms with E-state index in [0.717, 1.165) is 6.07 Å². The molecule has 0 fully saturated rings. The number of nitrogens with one attached hydrogen (secondary N) is 1. The standard InChI is InChI=1S/C16H12Cl2FNO3/c1-9(23-16(22)10-5-2-3-7-12(10)19)15(21)20-13-8-4-6-11(17)14(13)18/h2-9H,1H3,(H,20,21)/t9-/m0/s1. The van der Waals surface area contributed by atoms with Gasteiger partial charge in [0.15, 0.2) is 6.10 Å². The Balaban J connectivity index is 2.04. The number of ether oxygens (including phenoxy) is 1. The van der Waals surface area contributed by atoms with Crippen LogP contribution in [0.5, 0.6) is 0 Å². The average Bonchev–Trinajstić information content (AvgIpc) is 2.52. The smallest absolute Gasteiger partial charge is 0.341 e. The van der Waals surface area contributed by atoms with Gasteiger partial charge in [-0.1, -0.05) is 41.4 Å². The van der Waals surface area contributed by atoms with E-state index in [0.29, 0.717) is 0 Å². The highest BCUT2D eigenvalue weighted by molar-refractivity contribution is 6.44. The normalized spacial score (nSPS) is 11.7. The average molecular weight is 356 g/mol. The number of esters is 1. The zero-order chi connectivity index (χ0) is 17.0. The van der Waals surface area contributed by atoms with Crippen LogP contribution in [0, 0.1) is 5.82 Å². The van der Waals surface area contributed by atoms with Gasteiger partial charge in [-0.15, -0.1) is 0 Å². The number of carbonyl (C=O) groups is 2. The Morgan fingerprint density at radius 2 is 1.83 bits per heavy atom. The molecule has 0 aromatic heterocycles. The van der Waals surface area contributed by atoms with E-state index in [2.05, 4.69) is 5.32 Å². The third-order valence-corrected chi connectivity index (χ3v) is 3.78. The fourth-order valence-electron chi connectivity index (χ4n) is 1.74. The van der Waals surface area contributed by atoms with Crippen molar-refractivity contribution in [2.45, 2.75) is 13.0 Å². The minimum atomic E-state index is -1.14. The summed E-state index contributed by atoms with van der Waals surface area (Å²) in [4.78, 5) is 23.9. The molecule has 2 rings (SSSR count). The lowest BCUT2D eigenvalue weighted by Crippen LogP contribution is -2.30. The molecule has 0 saturated carbocycles. The van der Waals surface area contributed by atoms with Gasteiger partial charge in [0, 0.05) is 0 Å². The van der Waals surface area contributed by atoms with Gasteiger partial charge in [0.05, 0.1) is 21.3 Å². The predicted molar refractivity (Wildman–Crippen MR) is 86.4 cm³/mol. The van der Waals surface area contributed by atoms with Gasteiger partial charge in [0.25, 0.3) is 5.91 Å². The highest BCUT2D eigenvalue weighted by atomic mass is 35.5. The molecule has 1 N–H and O–H groups in total.